The van der Waals surface area contributed by atoms with Gasteiger partial charge in [-0.1, -0.05) is 37.3 Å². The second kappa shape index (κ2) is 5.12. The Bertz CT molecular complexity index is 434. The van der Waals surface area contributed by atoms with Gasteiger partial charge in [0.1, 0.15) is 0 Å². The van der Waals surface area contributed by atoms with Crippen molar-refractivity contribution >= 4 is 0 Å². The fourth-order valence-electron chi connectivity index (χ4n) is 3.33. The van der Waals surface area contributed by atoms with Gasteiger partial charge in [-0.25, -0.2) is 0 Å². The third-order valence-corrected chi connectivity index (χ3v) is 4.66. The molecule has 0 radical (unpaired) electrons. The van der Waals surface area contributed by atoms with Crippen LogP contribution in [0.25, 0.3) is 0 Å². The molecule has 0 aromatic heterocycles. The minimum Gasteiger partial charge on any atom is -0.303 e. The van der Waals surface area contributed by atoms with Crippen LogP contribution in [0.3, 0.4) is 0 Å². The van der Waals surface area contributed by atoms with E-state index in [2.05, 4.69) is 56.1 Å². The van der Waals surface area contributed by atoms with E-state index in [-0.39, 0.29) is 5.41 Å². The first-order valence-corrected chi connectivity index (χ1v) is 6.73. The molecule has 1 aromatic carbocycles. The van der Waals surface area contributed by atoms with E-state index in [9.17, 15) is 5.26 Å². The average molecular weight is 242 g/mol. The van der Waals surface area contributed by atoms with Gasteiger partial charge in [0.15, 0.2) is 0 Å². The quantitative estimate of drug-likeness (QED) is 0.796. The molecule has 0 N–H and O–H groups in total. The van der Waals surface area contributed by atoms with E-state index in [4.69, 9.17) is 0 Å². The molecule has 2 rings (SSSR count). The first-order chi connectivity index (χ1) is 8.60. The van der Waals surface area contributed by atoms with E-state index >= 15 is 0 Å². The maximum absolute atomic E-state index is 9.25. The fourth-order valence-corrected chi connectivity index (χ4v) is 3.33. The van der Waals surface area contributed by atoms with Crippen molar-refractivity contribution in [3.63, 3.8) is 0 Å². The Morgan fingerprint density at radius 3 is 2.61 bits per heavy atom. The van der Waals surface area contributed by atoms with E-state index < -0.39 is 0 Å². The summed E-state index contributed by atoms with van der Waals surface area (Å²) < 4.78 is 0. The van der Waals surface area contributed by atoms with Crippen LogP contribution >= 0.6 is 0 Å². The van der Waals surface area contributed by atoms with Gasteiger partial charge in [-0.2, -0.15) is 5.26 Å². The van der Waals surface area contributed by atoms with Gasteiger partial charge in [0.2, 0.25) is 0 Å². The summed E-state index contributed by atoms with van der Waals surface area (Å²) in [5.74, 6) is 0.515. The minimum atomic E-state index is 0.0297. The molecule has 96 valence electrons. The van der Waals surface area contributed by atoms with Gasteiger partial charge in [-0.15, -0.1) is 0 Å². The second-order valence-corrected chi connectivity index (χ2v) is 5.75. The molecule has 1 aliphatic heterocycles. The summed E-state index contributed by atoms with van der Waals surface area (Å²) in [4.78, 5) is 2.41. The van der Waals surface area contributed by atoms with Gasteiger partial charge < -0.3 is 4.90 Å². The van der Waals surface area contributed by atoms with E-state index in [1.165, 1.54) is 5.56 Å². The zero-order valence-corrected chi connectivity index (χ0v) is 11.6. The molecule has 1 heterocycles. The van der Waals surface area contributed by atoms with Crippen LogP contribution in [0.15, 0.2) is 30.3 Å². The first kappa shape index (κ1) is 13.1. The molecule has 0 saturated carbocycles. The van der Waals surface area contributed by atoms with Crippen molar-refractivity contribution in [2.24, 2.45) is 5.92 Å². The average Bonchev–Trinajstić information content (AvgIpc) is 2.37. The van der Waals surface area contributed by atoms with Gasteiger partial charge in [0.05, 0.1) is 6.07 Å². The molecular formula is C16H22N2. The molecule has 0 spiro atoms. The van der Waals surface area contributed by atoms with Crippen LogP contribution in [0.4, 0.5) is 0 Å². The summed E-state index contributed by atoms with van der Waals surface area (Å²) in [5, 5.41) is 9.25. The summed E-state index contributed by atoms with van der Waals surface area (Å²) in [6.45, 7) is 5.62. The van der Waals surface area contributed by atoms with Crippen LogP contribution in [-0.2, 0) is 5.41 Å². The van der Waals surface area contributed by atoms with Crippen molar-refractivity contribution in [1.82, 2.24) is 4.90 Å². The van der Waals surface area contributed by atoms with Crippen LogP contribution in [0.2, 0.25) is 0 Å². The maximum atomic E-state index is 9.25. The topological polar surface area (TPSA) is 27.0 Å². The van der Waals surface area contributed by atoms with Gasteiger partial charge in [-0.3, -0.25) is 0 Å². The molecule has 1 fully saturated rings. The first-order valence-electron chi connectivity index (χ1n) is 6.73. The lowest BCUT2D eigenvalue weighted by atomic mass is 9.63. The van der Waals surface area contributed by atoms with Crippen LogP contribution in [0.5, 0.6) is 0 Å². The lowest BCUT2D eigenvalue weighted by molar-refractivity contribution is 0.0770. The molecule has 0 amide bonds. The lowest BCUT2D eigenvalue weighted by Crippen LogP contribution is -2.51. The zero-order chi connectivity index (χ0) is 13.2. The normalized spacial score (nSPS) is 33.0. The van der Waals surface area contributed by atoms with E-state index in [1.807, 2.05) is 6.07 Å². The summed E-state index contributed by atoms with van der Waals surface area (Å²) in [6.07, 6.45) is 1.69. The molecule has 2 nitrogen and oxygen atoms in total. The number of hydrogen-bond acceptors (Lipinski definition) is 2. The standard InChI is InChI=1S/C16H22N2/c1-13-12-18(3)14(2)11-16(13,9-10-17)15-7-5-4-6-8-15/h4-8,13-14H,9,11-12H2,1-3H3/t13-,14+,16-/m0/s1. The van der Waals surface area contributed by atoms with Crippen LogP contribution < -0.4 is 0 Å². The highest BCUT2D eigenvalue weighted by molar-refractivity contribution is 5.29. The third kappa shape index (κ3) is 2.15. The number of nitrogens with zero attached hydrogens (tertiary/aromatic N) is 2. The van der Waals surface area contributed by atoms with Gasteiger partial charge in [0, 0.05) is 24.4 Å². The number of piperidine rings is 1. The van der Waals surface area contributed by atoms with E-state index in [0.29, 0.717) is 18.4 Å². The Morgan fingerprint density at radius 1 is 1.33 bits per heavy atom. The number of hydrogen-bond donors (Lipinski definition) is 0. The van der Waals surface area contributed by atoms with Crippen molar-refractivity contribution in [2.45, 2.75) is 38.1 Å². The largest absolute Gasteiger partial charge is 0.303 e. The smallest absolute Gasteiger partial charge is 0.0631 e. The van der Waals surface area contributed by atoms with Crippen molar-refractivity contribution in [2.75, 3.05) is 13.6 Å². The Hall–Kier alpha value is -1.33. The molecule has 2 heteroatoms. The molecule has 3 atom stereocenters. The second-order valence-electron chi connectivity index (χ2n) is 5.75. The van der Waals surface area contributed by atoms with Gasteiger partial charge in [-0.05, 0) is 31.9 Å². The van der Waals surface area contributed by atoms with Crippen LogP contribution in [0.1, 0.15) is 32.3 Å². The minimum absolute atomic E-state index is 0.0297. The molecule has 1 saturated heterocycles. The Labute approximate surface area is 110 Å². The highest BCUT2D eigenvalue weighted by atomic mass is 15.1. The highest BCUT2D eigenvalue weighted by Gasteiger charge is 2.43. The molecule has 18 heavy (non-hydrogen) atoms. The Kier molecular flexibility index (Phi) is 3.73. The molecule has 0 aliphatic carbocycles. The Balaban J connectivity index is 2.41. The number of rotatable bonds is 2. The van der Waals surface area contributed by atoms with Gasteiger partial charge in [0.25, 0.3) is 0 Å². The molecule has 0 unspecified atom stereocenters. The van der Waals surface area contributed by atoms with Crippen LogP contribution in [-0.4, -0.2) is 24.5 Å². The van der Waals surface area contributed by atoms with Crippen molar-refractivity contribution in [3.05, 3.63) is 35.9 Å². The molecule has 1 aliphatic rings. The number of benzene rings is 1. The van der Waals surface area contributed by atoms with Crippen molar-refractivity contribution < 1.29 is 0 Å². The van der Waals surface area contributed by atoms with Crippen LogP contribution in [0, 0.1) is 17.2 Å². The monoisotopic (exact) mass is 242 g/mol. The van der Waals surface area contributed by atoms with Crippen molar-refractivity contribution in [1.29, 1.82) is 5.26 Å². The number of nitriles is 1. The summed E-state index contributed by atoms with van der Waals surface area (Å²) in [6, 6.07) is 13.6. The van der Waals surface area contributed by atoms with E-state index in [1.54, 1.807) is 0 Å². The lowest BCUT2D eigenvalue weighted by Gasteiger charge is -2.48. The predicted octanol–water partition coefficient (Wildman–Crippen LogP) is 3.20. The van der Waals surface area contributed by atoms with E-state index in [0.717, 1.165) is 13.0 Å². The molecule has 1 aromatic rings. The van der Waals surface area contributed by atoms with Gasteiger partial charge >= 0.3 is 0 Å². The predicted molar refractivity (Wildman–Crippen MR) is 74.2 cm³/mol. The maximum Gasteiger partial charge on any atom is 0.0631 e. The third-order valence-electron chi connectivity index (χ3n) is 4.66. The number of likely N-dealkylation sites (tertiary alicyclic amines) is 1. The molecular weight excluding hydrogens is 220 g/mol. The SMILES string of the molecule is C[C@@H]1C[C@](CC#N)(c2ccccc2)[C@@H](C)CN1C. The molecule has 0 bridgehead atoms. The highest BCUT2D eigenvalue weighted by Crippen LogP contribution is 2.44. The fraction of sp³-hybridized carbons (Fsp3) is 0.562. The zero-order valence-electron chi connectivity index (χ0n) is 11.6. The summed E-state index contributed by atoms with van der Waals surface area (Å²) in [5.41, 5.74) is 1.36. The Morgan fingerprint density at radius 2 is 2.00 bits per heavy atom. The summed E-state index contributed by atoms with van der Waals surface area (Å²) in [7, 11) is 2.18. The van der Waals surface area contributed by atoms with Crippen molar-refractivity contribution in [3.8, 4) is 6.07 Å². The summed E-state index contributed by atoms with van der Waals surface area (Å²) >= 11 is 0.